The normalized spacial score (nSPS) is 18.0. The molecule has 2 aliphatic rings. The van der Waals surface area contributed by atoms with E-state index in [1.54, 1.807) is 10.6 Å². The van der Waals surface area contributed by atoms with Gasteiger partial charge in [0, 0.05) is 37.8 Å². The average Bonchev–Trinajstić information content (AvgIpc) is 3.58. The van der Waals surface area contributed by atoms with Crippen molar-refractivity contribution in [2.24, 2.45) is 0 Å². The van der Waals surface area contributed by atoms with E-state index in [-0.39, 0.29) is 41.6 Å². The summed E-state index contributed by atoms with van der Waals surface area (Å²) in [6.07, 6.45) is 2.44. The predicted molar refractivity (Wildman–Crippen MR) is 126 cm³/mol. The second-order valence-corrected chi connectivity index (χ2v) is 9.35. The van der Waals surface area contributed by atoms with Crippen LogP contribution in [0.2, 0.25) is 0 Å². The van der Waals surface area contributed by atoms with Gasteiger partial charge in [-0.05, 0) is 56.0 Å². The van der Waals surface area contributed by atoms with Gasteiger partial charge in [0.15, 0.2) is 0 Å². The minimum absolute atomic E-state index is 0.0220. The third kappa shape index (κ3) is 5.38. The van der Waals surface area contributed by atoms with Crippen LogP contribution in [0.1, 0.15) is 42.1 Å². The van der Waals surface area contributed by atoms with Gasteiger partial charge in [-0.15, -0.1) is 0 Å². The lowest BCUT2D eigenvalue weighted by Crippen LogP contribution is -2.42. The number of carbonyl (C=O) groups is 1. The van der Waals surface area contributed by atoms with Crippen molar-refractivity contribution in [2.75, 3.05) is 26.2 Å². The van der Waals surface area contributed by atoms with Crippen LogP contribution in [0.3, 0.4) is 0 Å². The first kappa shape index (κ1) is 23.5. The molecule has 1 aliphatic carbocycles. The Kier molecular flexibility index (Phi) is 6.57. The molecule has 3 aromatic rings. The van der Waals surface area contributed by atoms with Crippen LogP contribution in [0.15, 0.2) is 41.2 Å². The quantitative estimate of drug-likeness (QED) is 0.455. The van der Waals surface area contributed by atoms with Crippen LogP contribution in [0, 0.1) is 11.6 Å². The van der Waals surface area contributed by atoms with E-state index in [2.05, 4.69) is 15.2 Å². The van der Waals surface area contributed by atoms with Crippen LogP contribution in [0.4, 0.5) is 8.78 Å². The number of halogens is 2. The Hall–Kier alpha value is -3.24. The van der Waals surface area contributed by atoms with Gasteiger partial charge in [0.1, 0.15) is 30.1 Å². The first-order valence-electron chi connectivity index (χ1n) is 11.9. The minimum Gasteiger partial charge on any atom is -0.490 e. The first-order chi connectivity index (χ1) is 16.9. The van der Waals surface area contributed by atoms with Crippen LogP contribution < -0.4 is 15.7 Å². The molecule has 1 saturated carbocycles. The highest BCUT2D eigenvalue weighted by Gasteiger charge is 2.27. The highest BCUT2D eigenvalue weighted by atomic mass is 19.1. The molecule has 5 rings (SSSR count). The largest absolute Gasteiger partial charge is 0.490 e. The number of hydrogen-bond donors (Lipinski definition) is 3. The number of nitrogens with zero attached hydrogens (tertiary/aromatic N) is 2. The van der Waals surface area contributed by atoms with Crippen molar-refractivity contribution in [1.29, 1.82) is 0 Å². The number of amides is 1. The van der Waals surface area contributed by atoms with Crippen molar-refractivity contribution in [3.63, 3.8) is 0 Å². The highest BCUT2D eigenvalue weighted by Crippen LogP contribution is 2.26. The van der Waals surface area contributed by atoms with Crippen LogP contribution >= 0.6 is 0 Å². The second-order valence-electron chi connectivity index (χ2n) is 9.35. The Balaban J connectivity index is 1.15. The molecule has 0 bridgehead atoms. The SMILES string of the molecule is O=C(NC1CC1)c1ccc(F)cc1OC[C@@H](O)CN1CCC(n2c(=O)[nH]c3cc(F)ccc32)CC1. The highest BCUT2D eigenvalue weighted by molar-refractivity contribution is 5.97. The molecule has 1 atom stereocenters. The zero-order chi connectivity index (χ0) is 24.5. The number of nitrogens with one attached hydrogen (secondary N) is 2. The zero-order valence-corrected chi connectivity index (χ0v) is 19.2. The molecule has 10 heteroatoms. The third-order valence-electron chi connectivity index (χ3n) is 6.60. The van der Waals surface area contributed by atoms with E-state index in [1.807, 2.05) is 0 Å². The maximum atomic E-state index is 13.8. The summed E-state index contributed by atoms with van der Waals surface area (Å²) in [6.45, 7) is 1.59. The average molecular weight is 487 g/mol. The number of H-pyrrole nitrogens is 1. The number of hydrogen-bond acceptors (Lipinski definition) is 5. The maximum Gasteiger partial charge on any atom is 0.326 e. The molecule has 2 fully saturated rings. The predicted octanol–water partition coefficient (Wildman–Crippen LogP) is 2.58. The van der Waals surface area contributed by atoms with E-state index in [1.165, 1.54) is 24.3 Å². The smallest absolute Gasteiger partial charge is 0.326 e. The van der Waals surface area contributed by atoms with Gasteiger partial charge in [0.25, 0.3) is 5.91 Å². The van der Waals surface area contributed by atoms with Crippen LogP contribution in [0.5, 0.6) is 5.75 Å². The van der Waals surface area contributed by atoms with E-state index in [0.717, 1.165) is 18.9 Å². The number of imidazole rings is 1. The standard InChI is InChI=1S/C25H28F2N4O4/c26-15-2-6-22-21(11-15)29-25(34)31(22)18-7-9-30(10-8-18)13-19(32)14-35-23-12-16(27)1-5-20(23)24(33)28-17-3-4-17/h1-2,5-6,11-12,17-19,32H,3-4,7-10,13-14H2,(H,28,33)(H,29,34)/t19-/m0/s1. The Morgan fingerprint density at radius 3 is 2.57 bits per heavy atom. The Morgan fingerprint density at radius 1 is 1.11 bits per heavy atom. The number of β-amino-alcohol motifs (C(OH)–C–C–N with tert-alkyl or cyclic N) is 1. The van der Waals surface area contributed by atoms with Gasteiger partial charge in [0.05, 0.1) is 16.6 Å². The summed E-state index contributed by atoms with van der Waals surface area (Å²) in [5.41, 5.74) is 1.15. The van der Waals surface area contributed by atoms with E-state index in [4.69, 9.17) is 4.74 Å². The number of ether oxygens (including phenoxy) is 1. The summed E-state index contributed by atoms with van der Waals surface area (Å²) in [7, 11) is 0. The summed E-state index contributed by atoms with van der Waals surface area (Å²) in [5, 5.41) is 13.4. The van der Waals surface area contributed by atoms with Crippen molar-refractivity contribution in [1.82, 2.24) is 19.8 Å². The monoisotopic (exact) mass is 486 g/mol. The number of piperidine rings is 1. The number of aromatic amines is 1. The molecule has 0 unspecified atom stereocenters. The van der Waals surface area contributed by atoms with Gasteiger partial charge in [-0.1, -0.05) is 0 Å². The number of carbonyl (C=O) groups excluding carboxylic acids is 1. The molecule has 1 saturated heterocycles. The van der Waals surface area contributed by atoms with E-state index in [0.29, 0.717) is 43.5 Å². The number of rotatable bonds is 8. The lowest BCUT2D eigenvalue weighted by molar-refractivity contribution is 0.0553. The number of aliphatic hydroxyl groups excluding tert-OH is 1. The Morgan fingerprint density at radius 2 is 1.83 bits per heavy atom. The summed E-state index contributed by atoms with van der Waals surface area (Å²) in [5.74, 6) is -1.12. The minimum atomic E-state index is -0.840. The third-order valence-corrected chi connectivity index (χ3v) is 6.60. The lowest BCUT2D eigenvalue weighted by atomic mass is 10.0. The van der Waals surface area contributed by atoms with Crippen LogP contribution in [-0.4, -0.2) is 63.9 Å². The van der Waals surface area contributed by atoms with Crippen molar-refractivity contribution in [2.45, 2.75) is 43.9 Å². The topological polar surface area (TPSA) is 99.6 Å². The molecule has 3 N–H and O–H groups in total. The van der Waals surface area contributed by atoms with Gasteiger partial charge in [0.2, 0.25) is 0 Å². The Labute approximate surface area is 200 Å². The van der Waals surface area contributed by atoms with E-state index in [9.17, 15) is 23.5 Å². The molecular weight excluding hydrogens is 458 g/mol. The molecule has 1 aliphatic heterocycles. The van der Waals surface area contributed by atoms with Crippen molar-refractivity contribution in [3.05, 3.63) is 64.1 Å². The van der Waals surface area contributed by atoms with Gasteiger partial charge in [-0.3, -0.25) is 9.36 Å². The molecule has 186 valence electrons. The molecule has 1 amide bonds. The second kappa shape index (κ2) is 9.79. The van der Waals surface area contributed by atoms with Crippen LogP contribution in [0.25, 0.3) is 11.0 Å². The molecule has 2 heterocycles. The molecular formula is C25H28F2N4O4. The zero-order valence-electron chi connectivity index (χ0n) is 19.2. The molecule has 0 radical (unpaired) electrons. The summed E-state index contributed by atoms with van der Waals surface area (Å²) >= 11 is 0. The maximum absolute atomic E-state index is 13.8. The number of benzene rings is 2. The van der Waals surface area contributed by atoms with Crippen LogP contribution in [-0.2, 0) is 0 Å². The van der Waals surface area contributed by atoms with Gasteiger partial charge in [-0.2, -0.15) is 0 Å². The first-order valence-corrected chi connectivity index (χ1v) is 11.9. The van der Waals surface area contributed by atoms with E-state index < -0.39 is 17.7 Å². The van der Waals surface area contributed by atoms with Gasteiger partial charge in [-0.25, -0.2) is 13.6 Å². The number of aliphatic hydroxyl groups is 1. The fraction of sp³-hybridized carbons (Fsp3) is 0.440. The van der Waals surface area contributed by atoms with Crippen molar-refractivity contribution in [3.8, 4) is 5.75 Å². The van der Waals surface area contributed by atoms with E-state index >= 15 is 0 Å². The number of fused-ring (bicyclic) bond motifs is 1. The van der Waals surface area contributed by atoms with Crippen molar-refractivity contribution < 1.29 is 23.4 Å². The van der Waals surface area contributed by atoms with Crippen molar-refractivity contribution >= 4 is 16.9 Å². The van der Waals surface area contributed by atoms with Gasteiger partial charge >= 0.3 is 5.69 Å². The fourth-order valence-electron chi connectivity index (χ4n) is 4.66. The molecule has 35 heavy (non-hydrogen) atoms. The summed E-state index contributed by atoms with van der Waals surface area (Å²) < 4.78 is 34.6. The number of aromatic nitrogens is 2. The fourth-order valence-corrected chi connectivity index (χ4v) is 4.66. The molecule has 0 spiro atoms. The number of likely N-dealkylation sites (tertiary alicyclic amines) is 1. The lowest BCUT2D eigenvalue weighted by Gasteiger charge is -2.33. The summed E-state index contributed by atoms with van der Waals surface area (Å²) in [4.78, 5) is 29.7. The Bertz CT molecular complexity index is 1280. The molecule has 2 aromatic carbocycles. The summed E-state index contributed by atoms with van der Waals surface area (Å²) in [6, 6.07) is 8.18. The molecule has 8 nitrogen and oxygen atoms in total. The van der Waals surface area contributed by atoms with Gasteiger partial charge < -0.3 is 25.0 Å². The molecule has 1 aromatic heterocycles.